The number of Topliss-reactive ketones (excluding diaryl/α,β-unsaturated/α-hetero) is 1. The molecule has 1 aromatic rings. The van der Waals surface area contributed by atoms with Crippen molar-refractivity contribution in [3.8, 4) is 0 Å². The Morgan fingerprint density at radius 3 is 2.13 bits per heavy atom. The van der Waals surface area contributed by atoms with Gasteiger partial charge in [-0.25, -0.2) is 0 Å². The fraction of sp³-hybridized carbons (Fsp3) is 0.417. The number of carbonyl (C=O) groups excluding carboxylic acids is 1. The number of hydrogen-bond acceptors (Lipinski definition) is 1. The molecule has 1 rings (SSSR count). The van der Waals surface area contributed by atoms with Crippen molar-refractivity contribution in [2.24, 2.45) is 5.41 Å². The number of benzene rings is 1. The molecule has 0 heterocycles. The van der Waals surface area contributed by atoms with Gasteiger partial charge in [0.2, 0.25) is 0 Å². The van der Waals surface area contributed by atoms with Crippen molar-refractivity contribution in [2.75, 3.05) is 0 Å². The Morgan fingerprint density at radius 1 is 1.27 bits per heavy atom. The van der Waals surface area contributed by atoms with E-state index in [4.69, 9.17) is 23.2 Å². The van der Waals surface area contributed by atoms with Gasteiger partial charge in [-0.15, -0.1) is 0 Å². The molecule has 0 saturated carbocycles. The van der Waals surface area contributed by atoms with Crippen LogP contribution in [0.5, 0.6) is 0 Å². The van der Waals surface area contributed by atoms with Crippen LogP contribution in [0.1, 0.15) is 37.6 Å². The van der Waals surface area contributed by atoms with Crippen LogP contribution in [-0.4, -0.2) is 5.78 Å². The minimum absolute atomic E-state index is 0.000556. The van der Waals surface area contributed by atoms with E-state index in [0.717, 1.165) is 6.42 Å². The van der Waals surface area contributed by atoms with E-state index in [9.17, 15) is 4.79 Å². The number of carbonyl (C=O) groups is 1. The highest BCUT2D eigenvalue weighted by atomic mass is 35.5. The molecule has 3 heteroatoms. The molecule has 1 nitrogen and oxygen atoms in total. The van der Waals surface area contributed by atoms with Crippen LogP contribution in [0.15, 0.2) is 18.2 Å². The molecule has 0 aliphatic rings. The zero-order valence-corrected chi connectivity index (χ0v) is 10.6. The molecule has 0 bridgehead atoms. The second-order valence-corrected chi connectivity index (χ2v) is 4.98. The zero-order valence-electron chi connectivity index (χ0n) is 9.10. The summed E-state index contributed by atoms with van der Waals surface area (Å²) in [4.78, 5) is 12.2. The van der Waals surface area contributed by atoms with Crippen LogP contribution >= 0.6 is 23.2 Å². The van der Waals surface area contributed by atoms with Gasteiger partial charge in [0.1, 0.15) is 0 Å². The molecule has 0 spiro atoms. The zero-order chi connectivity index (χ0) is 11.6. The van der Waals surface area contributed by atoms with Crippen LogP contribution in [0, 0.1) is 5.41 Å². The van der Waals surface area contributed by atoms with Gasteiger partial charge in [0.05, 0.1) is 15.6 Å². The van der Waals surface area contributed by atoms with Gasteiger partial charge in [-0.05, 0) is 18.6 Å². The predicted octanol–water partition coefficient (Wildman–Crippen LogP) is 4.61. The fourth-order valence-corrected chi connectivity index (χ4v) is 1.78. The van der Waals surface area contributed by atoms with Crippen LogP contribution in [0.25, 0.3) is 0 Å². The molecular formula is C12H14Cl2O. The van der Waals surface area contributed by atoms with Crippen molar-refractivity contribution in [1.29, 1.82) is 0 Å². The first kappa shape index (κ1) is 12.5. The SMILES string of the molecule is CCC(C)(C)C(=O)c1c(Cl)cccc1Cl. The third-order valence-electron chi connectivity index (χ3n) is 2.69. The molecule has 0 atom stereocenters. The van der Waals surface area contributed by atoms with Crippen molar-refractivity contribution >= 4 is 29.0 Å². The maximum absolute atomic E-state index is 12.2. The third kappa shape index (κ3) is 2.53. The molecule has 0 aromatic heterocycles. The predicted molar refractivity (Wildman–Crippen MR) is 64.9 cm³/mol. The lowest BCUT2D eigenvalue weighted by Crippen LogP contribution is -2.23. The van der Waals surface area contributed by atoms with Crippen LogP contribution in [0.4, 0.5) is 0 Å². The van der Waals surface area contributed by atoms with E-state index >= 15 is 0 Å². The van der Waals surface area contributed by atoms with E-state index in [1.807, 2.05) is 20.8 Å². The maximum atomic E-state index is 12.2. The van der Waals surface area contributed by atoms with Gasteiger partial charge in [0.25, 0.3) is 0 Å². The lowest BCUT2D eigenvalue weighted by molar-refractivity contribution is 0.0833. The summed E-state index contributed by atoms with van der Waals surface area (Å²) in [7, 11) is 0. The first-order valence-electron chi connectivity index (χ1n) is 4.89. The Balaban J connectivity index is 3.23. The molecule has 0 amide bonds. The van der Waals surface area contributed by atoms with Gasteiger partial charge in [0.15, 0.2) is 5.78 Å². The fourth-order valence-electron chi connectivity index (χ4n) is 1.21. The summed E-state index contributed by atoms with van der Waals surface area (Å²) >= 11 is 12.0. The summed E-state index contributed by atoms with van der Waals surface area (Å²) in [5.41, 5.74) is 0.0157. The summed E-state index contributed by atoms with van der Waals surface area (Å²) in [5.74, 6) is 0.000556. The van der Waals surface area contributed by atoms with Crippen LogP contribution in [-0.2, 0) is 0 Å². The van der Waals surface area contributed by atoms with E-state index in [0.29, 0.717) is 15.6 Å². The molecular weight excluding hydrogens is 231 g/mol. The average molecular weight is 245 g/mol. The quantitative estimate of drug-likeness (QED) is 0.710. The van der Waals surface area contributed by atoms with Gasteiger partial charge in [-0.1, -0.05) is 50.0 Å². The highest BCUT2D eigenvalue weighted by Crippen LogP contribution is 2.33. The van der Waals surface area contributed by atoms with E-state index in [2.05, 4.69) is 0 Å². The highest BCUT2D eigenvalue weighted by molar-refractivity contribution is 6.40. The maximum Gasteiger partial charge on any atom is 0.171 e. The monoisotopic (exact) mass is 244 g/mol. The first-order valence-corrected chi connectivity index (χ1v) is 5.64. The number of hydrogen-bond donors (Lipinski definition) is 0. The van der Waals surface area contributed by atoms with Crippen molar-refractivity contribution in [3.63, 3.8) is 0 Å². The van der Waals surface area contributed by atoms with Gasteiger partial charge in [-0.2, -0.15) is 0 Å². The van der Waals surface area contributed by atoms with Crippen molar-refractivity contribution in [2.45, 2.75) is 27.2 Å². The molecule has 0 unspecified atom stereocenters. The van der Waals surface area contributed by atoms with Crippen LogP contribution in [0.2, 0.25) is 10.0 Å². The smallest absolute Gasteiger partial charge is 0.171 e. The lowest BCUT2D eigenvalue weighted by atomic mass is 9.82. The number of ketones is 1. The Morgan fingerprint density at radius 2 is 1.73 bits per heavy atom. The standard InChI is InChI=1S/C12H14Cl2O/c1-4-12(2,3)11(15)10-8(13)6-5-7-9(10)14/h5-7H,4H2,1-3H3. The second kappa shape index (κ2) is 4.54. The van der Waals surface area contributed by atoms with Crippen molar-refractivity contribution < 1.29 is 4.79 Å². The summed E-state index contributed by atoms with van der Waals surface area (Å²) < 4.78 is 0. The Labute approximate surface area is 100 Å². The van der Waals surface area contributed by atoms with E-state index in [1.165, 1.54) is 0 Å². The molecule has 0 saturated heterocycles. The molecule has 0 N–H and O–H groups in total. The number of rotatable bonds is 3. The summed E-state index contributed by atoms with van der Waals surface area (Å²) in [6, 6.07) is 5.11. The highest BCUT2D eigenvalue weighted by Gasteiger charge is 2.29. The van der Waals surface area contributed by atoms with E-state index < -0.39 is 5.41 Å². The minimum Gasteiger partial charge on any atom is -0.293 e. The Hall–Kier alpha value is -0.530. The topological polar surface area (TPSA) is 17.1 Å². The molecule has 0 radical (unpaired) electrons. The summed E-state index contributed by atoms with van der Waals surface area (Å²) in [6.07, 6.45) is 0.757. The van der Waals surface area contributed by atoms with Crippen molar-refractivity contribution in [1.82, 2.24) is 0 Å². The largest absolute Gasteiger partial charge is 0.293 e. The molecule has 0 fully saturated rings. The van der Waals surface area contributed by atoms with E-state index in [1.54, 1.807) is 18.2 Å². The number of halogens is 2. The normalized spacial score (nSPS) is 11.5. The molecule has 1 aromatic carbocycles. The van der Waals surface area contributed by atoms with Gasteiger partial charge < -0.3 is 0 Å². The summed E-state index contributed by atoms with van der Waals surface area (Å²) in [6.45, 7) is 5.77. The molecule has 0 aliphatic carbocycles. The lowest BCUT2D eigenvalue weighted by Gasteiger charge is -2.22. The second-order valence-electron chi connectivity index (χ2n) is 4.16. The van der Waals surface area contributed by atoms with Crippen LogP contribution in [0.3, 0.4) is 0 Å². The van der Waals surface area contributed by atoms with Crippen molar-refractivity contribution in [3.05, 3.63) is 33.8 Å². The Kier molecular flexibility index (Phi) is 3.80. The van der Waals surface area contributed by atoms with Crippen LogP contribution < -0.4 is 0 Å². The Bertz CT molecular complexity index is 363. The van der Waals surface area contributed by atoms with Gasteiger partial charge >= 0.3 is 0 Å². The third-order valence-corrected chi connectivity index (χ3v) is 3.32. The molecule has 82 valence electrons. The molecule has 15 heavy (non-hydrogen) atoms. The van der Waals surface area contributed by atoms with Gasteiger partial charge in [0, 0.05) is 5.41 Å². The first-order chi connectivity index (χ1) is 6.90. The molecule has 0 aliphatic heterocycles. The minimum atomic E-state index is -0.422. The van der Waals surface area contributed by atoms with Gasteiger partial charge in [-0.3, -0.25) is 4.79 Å². The van der Waals surface area contributed by atoms with E-state index in [-0.39, 0.29) is 5.78 Å². The summed E-state index contributed by atoms with van der Waals surface area (Å²) in [5, 5.41) is 0.850. The average Bonchev–Trinajstić information content (AvgIpc) is 2.17.